The van der Waals surface area contributed by atoms with E-state index in [2.05, 4.69) is 17.6 Å². The van der Waals surface area contributed by atoms with Gasteiger partial charge in [0.15, 0.2) is 0 Å². The minimum absolute atomic E-state index is 0.730. The van der Waals surface area contributed by atoms with Crippen molar-refractivity contribution in [2.75, 3.05) is 13.1 Å². The minimum atomic E-state index is 0.730. The van der Waals surface area contributed by atoms with Crippen molar-refractivity contribution < 1.29 is 0 Å². The average molecular weight is 210 g/mol. The van der Waals surface area contributed by atoms with Crippen molar-refractivity contribution in [2.45, 2.75) is 64.0 Å². The second-order valence-corrected chi connectivity index (χ2v) is 5.40. The summed E-state index contributed by atoms with van der Waals surface area (Å²) >= 11 is 0. The fraction of sp³-hybridized carbons (Fsp3) is 1.00. The Labute approximate surface area is 94.2 Å². The highest BCUT2D eigenvalue weighted by molar-refractivity contribution is 4.83. The van der Waals surface area contributed by atoms with Crippen LogP contribution in [0.25, 0.3) is 0 Å². The molecule has 0 aromatic heterocycles. The Kier molecular flexibility index (Phi) is 4.45. The lowest BCUT2D eigenvalue weighted by Crippen LogP contribution is -2.41. The van der Waals surface area contributed by atoms with Crippen molar-refractivity contribution in [3.63, 3.8) is 0 Å². The minimum Gasteiger partial charge on any atom is -0.315 e. The van der Waals surface area contributed by atoms with Gasteiger partial charge < -0.3 is 10.6 Å². The Morgan fingerprint density at radius 1 is 1.07 bits per heavy atom. The van der Waals surface area contributed by atoms with Gasteiger partial charge in [0.25, 0.3) is 0 Å². The molecule has 0 radical (unpaired) electrons. The van der Waals surface area contributed by atoms with Crippen LogP contribution in [-0.4, -0.2) is 25.2 Å². The van der Waals surface area contributed by atoms with E-state index in [1.165, 1.54) is 58.0 Å². The molecular weight excluding hydrogens is 184 g/mol. The molecule has 2 nitrogen and oxygen atoms in total. The largest absolute Gasteiger partial charge is 0.315 e. The molecule has 2 N–H and O–H groups in total. The molecule has 0 bridgehead atoms. The molecule has 2 rings (SSSR count). The molecule has 2 fully saturated rings. The van der Waals surface area contributed by atoms with Crippen LogP contribution in [0, 0.1) is 5.92 Å². The third-order valence-electron chi connectivity index (χ3n) is 4.17. The van der Waals surface area contributed by atoms with Crippen LogP contribution in [0.15, 0.2) is 0 Å². The fourth-order valence-corrected chi connectivity index (χ4v) is 3.12. The molecule has 2 atom stereocenters. The van der Waals surface area contributed by atoms with Crippen LogP contribution in [0.4, 0.5) is 0 Å². The van der Waals surface area contributed by atoms with Gasteiger partial charge in [0.2, 0.25) is 0 Å². The first-order chi connectivity index (χ1) is 7.36. The van der Waals surface area contributed by atoms with Gasteiger partial charge >= 0.3 is 0 Å². The first-order valence-corrected chi connectivity index (χ1v) is 6.83. The lowest BCUT2D eigenvalue weighted by Gasteiger charge is -2.26. The summed E-state index contributed by atoms with van der Waals surface area (Å²) in [5.41, 5.74) is 0. The van der Waals surface area contributed by atoms with E-state index in [4.69, 9.17) is 0 Å². The summed E-state index contributed by atoms with van der Waals surface area (Å²) in [6.07, 6.45) is 10.1. The molecule has 2 aliphatic rings. The van der Waals surface area contributed by atoms with Gasteiger partial charge in [0.05, 0.1) is 0 Å². The number of nitrogens with one attached hydrogen (secondary N) is 2. The van der Waals surface area contributed by atoms with Crippen molar-refractivity contribution in [3.8, 4) is 0 Å². The number of hydrogen-bond donors (Lipinski definition) is 2. The highest BCUT2D eigenvalue weighted by Crippen LogP contribution is 2.25. The second-order valence-electron chi connectivity index (χ2n) is 5.40. The van der Waals surface area contributed by atoms with Crippen LogP contribution in [-0.2, 0) is 0 Å². The molecule has 2 heteroatoms. The summed E-state index contributed by atoms with van der Waals surface area (Å²) in [6.45, 7) is 4.78. The average Bonchev–Trinajstić information content (AvgIpc) is 2.58. The molecule has 0 spiro atoms. The summed E-state index contributed by atoms with van der Waals surface area (Å²) < 4.78 is 0. The summed E-state index contributed by atoms with van der Waals surface area (Å²) in [5, 5.41) is 7.24. The van der Waals surface area contributed by atoms with E-state index in [9.17, 15) is 0 Å². The highest BCUT2D eigenvalue weighted by atomic mass is 15.0. The van der Waals surface area contributed by atoms with Crippen LogP contribution in [0.1, 0.15) is 51.9 Å². The van der Waals surface area contributed by atoms with Crippen molar-refractivity contribution in [1.29, 1.82) is 0 Å². The van der Waals surface area contributed by atoms with Crippen LogP contribution < -0.4 is 10.6 Å². The molecule has 0 aromatic carbocycles. The second kappa shape index (κ2) is 5.86. The summed E-state index contributed by atoms with van der Waals surface area (Å²) in [7, 11) is 0. The fourth-order valence-electron chi connectivity index (χ4n) is 3.12. The maximum absolute atomic E-state index is 3.81. The van der Waals surface area contributed by atoms with Gasteiger partial charge in [-0.15, -0.1) is 0 Å². The van der Waals surface area contributed by atoms with Crippen molar-refractivity contribution in [1.82, 2.24) is 10.6 Å². The molecule has 1 heterocycles. The lowest BCUT2D eigenvalue weighted by atomic mass is 9.92. The van der Waals surface area contributed by atoms with E-state index in [0.29, 0.717) is 0 Å². The molecule has 1 saturated heterocycles. The summed E-state index contributed by atoms with van der Waals surface area (Å²) in [4.78, 5) is 0. The van der Waals surface area contributed by atoms with Gasteiger partial charge in [0, 0.05) is 18.6 Å². The molecule has 0 aromatic rings. The summed E-state index contributed by atoms with van der Waals surface area (Å²) in [6, 6.07) is 1.47. The zero-order valence-corrected chi connectivity index (χ0v) is 10.1. The van der Waals surface area contributed by atoms with Gasteiger partial charge in [0.1, 0.15) is 0 Å². The number of rotatable bonds is 3. The molecule has 1 saturated carbocycles. The maximum Gasteiger partial charge on any atom is 0.0207 e. The Hall–Kier alpha value is -0.0800. The van der Waals surface area contributed by atoms with Gasteiger partial charge in [-0.2, -0.15) is 0 Å². The van der Waals surface area contributed by atoms with E-state index in [1.54, 1.807) is 0 Å². The van der Waals surface area contributed by atoms with Crippen molar-refractivity contribution in [3.05, 3.63) is 0 Å². The SMILES string of the molecule is C[C@H](NC1CCNC1)C1CCCCCC1. The van der Waals surface area contributed by atoms with Crippen LogP contribution in [0.2, 0.25) is 0 Å². The molecule has 88 valence electrons. The van der Waals surface area contributed by atoms with Crippen LogP contribution in [0.5, 0.6) is 0 Å². The van der Waals surface area contributed by atoms with Gasteiger partial charge in [-0.1, -0.05) is 25.7 Å². The zero-order chi connectivity index (χ0) is 10.5. The van der Waals surface area contributed by atoms with Gasteiger partial charge in [-0.3, -0.25) is 0 Å². The van der Waals surface area contributed by atoms with E-state index in [1.807, 2.05) is 0 Å². The molecule has 1 unspecified atom stereocenters. The predicted molar refractivity (Wildman–Crippen MR) is 65.1 cm³/mol. The number of hydrogen-bond acceptors (Lipinski definition) is 2. The monoisotopic (exact) mass is 210 g/mol. The third-order valence-corrected chi connectivity index (χ3v) is 4.17. The molecule has 1 aliphatic carbocycles. The van der Waals surface area contributed by atoms with Crippen molar-refractivity contribution >= 4 is 0 Å². The van der Waals surface area contributed by atoms with Crippen LogP contribution >= 0.6 is 0 Å². The van der Waals surface area contributed by atoms with E-state index < -0.39 is 0 Å². The predicted octanol–water partition coefficient (Wildman–Crippen LogP) is 2.30. The summed E-state index contributed by atoms with van der Waals surface area (Å²) in [5.74, 6) is 0.938. The Bertz CT molecular complexity index is 167. The van der Waals surface area contributed by atoms with Gasteiger partial charge in [-0.25, -0.2) is 0 Å². The Balaban J connectivity index is 1.74. The normalized spacial score (nSPS) is 31.4. The van der Waals surface area contributed by atoms with Crippen LogP contribution in [0.3, 0.4) is 0 Å². The standard InChI is InChI=1S/C13H26N2/c1-11(15-13-8-9-14-10-13)12-6-4-2-3-5-7-12/h11-15H,2-10H2,1H3/t11-,13?/m0/s1. The lowest BCUT2D eigenvalue weighted by molar-refractivity contribution is 0.314. The zero-order valence-electron chi connectivity index (χ0n) is 10.1. The third kappa shape index (κ3) is 3.46. The highest BCUT2D eigenvalue weighted by Gasteiger charge is 2.22. The van der Waals surface area contributed by atoms with E-state index in [0.717, 1.165) is 18.0 Å². The van der Waals surface area contributed by atoms with E-state index >= 15 is 0 Å². The molecule has 0 amide bonds. The van der Waals surface area contributed by atoms with E-state index in [-0.39, 0.29) is 0 Å². The topological polar surface area (TPSA) is 24.1 Å². The molecule has 1 aliphatic heterocycles. The maximum atomic E-state index is 3.81. The van der Waals surface area contributed by atoms with Gasteiger partial charge in [-0.05, 0) is 38.6 Å². The first kappa shape index (κ1) is 11.4. The first-order valence-electron chi connectivity index (χ1n) is 6.83. The van der Waals surface area contributed by atoms with Crippen molar-refractivity contribution in [2.24, 2.45) is 5.92 Å². The smallest absolute Gasteiger partial charge is 0.0207 e. The Morgan fingerprint density at radius 3 is 2.40 bits per heavy atom. The quantitative estimate of drug-likeness (QED) is 0.698. The molecule has 15 heavy (non-hydrogen) atoms. The molecular formula is C13H26N2. The Morgan fingerprint density at radius 2 is 1.80 bits per heavy atom.